The van der Waals surface area contributed by atoms with Crippen molar-refractivity contribution in [2.75, 3.05) is 5.32 Å². The number of amides is 3. The molecule has 0 saturated carbocycles. The van der Waals surface area contributed by atoms with Gasteiger partial charge in [-0.2, -0.15) is 5.10 Å². The van der Waals surface area contributed by atoms with Crippen LogP contribution in [0.15, 0.2) is 58.9 Å². The minimum Gasteiger partial charge on any atom is -0.336 e. The van der Waals surface area contributed by atoms with Gasteiger partial charge >= 0.3 is 6.03 Å². The van der Waals surface area contributed by atoms with Crippen LogP contribution in [0, 0.1) is 0 Å². The van der Waals surface area contributed by atoms with Crippen LogP contribution in [-0.4, -0.2) is 34.5 Å². The maximum Gasteiger partial charge on any atom is 0.319 e. The van der Waals surface area contributed by atoms with E-state index in [2.05, 4.69) is 31.1 Å². The molecule has 2 aromatic rings. The number of carbonyl (C=O) groups is 2. The molecule has 27 heavy (non-hydrogen) atoms. The van der Waals surface area contributed by atoms with Crippen LogP contribution in [0.25, 0.3) is 0 Å². The fraction of sp³-hybridized carbons (Fsp3) is 0.211. The van der Waals surface area contributed by atoms with E-state index in [1.807, 2.05) is 32.0 Å². The molecule has 3 rings (SSSR count). The van der Waals surface area contributed by atoms with Gasteiger partial charge in [-0.15, -0.1) is 5.10 Å². The van der Waals surface area contributed by atoms with Crippen molar-refractivity contribution >= 4 is 29.2 Å². The van der Waals surface area contributed by atoms with Gasteiger partial charge in [-0.3, -0.25) is 9.78 Å². The second-order valence-electron chi connectivity index (χ2n) is 6.27. The number of carbonyl (C=O) groups excluding carboxylic acids is 2. The molecule has 1 aromatic carbocycles. The summed E-state index contributed by atoms with van der Waals surface area (Å²) in [6.07, 6.45) is 2.08. The van der Waals surface area contributed by atoms with E-state index in [1.165, 1.54) is 0 Å². The summed E-state index contributed by atoms with van der Waals surface area (Å²) in [6.45, 7) is 3.74. The molecule has 1 aromatic heterocycles. The number of nitrogens with zero attached hydrogens (tertiary/aromatic N) is 3. The van der Waals surface area contributed by atoms with Crippen LogP contribution < -0.4 is 16.0 Å². The van der Waals surface area contributed by atoms with E-state index in [9.17, 15) is 9.59 Å². The molecule has 8 heteroatoms. The van der Waals surface area contributed by atoms with Gasteiger partial charge in [0.2, 0.25) is 0 Å². The quantitative estimate of drug-likeness (QED) is 0.776. The Morgan fingerprint density at radius 3 is 2.63 bits per heavy atom. The Morgan fingerprint density at radius 2 is 1.89 bits per heavy atom. The highest BCUT2D eigenvalue weighted by Gasteiger charge is 2.18. The number of aromatic nitrogens is 1. The molecule has 138 valence electrons. The van der Waals surface area contributed by atoms with Gasteiger partial charge in [-0.1, -0.05) is 12.1 Å². The number of rotatable bonds is 4. The highest BCUT2D eigenvalue weighted by atomic mass is 16.2. The molecular weight excluding hydrogens is 344 g/mol. The Kier molecular flexibility index (Phi) is 5.55. The fourth-order valence-corrected chi connectivity index (χ4v) is 2.47. The van der Waals surface area contributed by atoms with Crippen molar-refractivity contribution in [1.29, 1.82) is 0 Å². The van der Waals surface area contributed by atoms with Gasteiger partial charge in [0.25, 0.3) is 5.91 Å². The van der Waals surface area contributed by atoms with Crippen molar-refractivity contribution in [2.24, 2.45) is 10.2 Å². The van der Waals surface area contributed by atoms with Crippen LogP contribution in [0.1, 0.15) is 36.3 Å². The zero-order valence-corrected chi connectivity index (χ0v) is 15.1. The van der Waals surface area contributed by atoms with Gasteiger partial charge in [0.05, 0.1) is 17.8 Å². The molecule has 0 unspecified atom stereocenters. The maximum absolute atomic E-state index is 12.5. The summed E-state index contributed by atoms with van der Waals surface area (Å²) in [5.41, 5.74) is 2.37. The van der Waals surface area contributed by atoms with Crippen LogP contribution in [0.4, 0.5) is 10.5 Å². The van der Waals surface area contributed by atoms with Gasteiger partial charge in [-0.05, 0) is 44.2 Å². The summed E-state index contributed by atoms with van der Waals surface area (Å²) < 4.78 is 0. The first-order valence-electron chi connectivity index (χ1n) is 8.55. The summed E-state index contributed by atoms with van der Waals surface area (Å²) >= 11 is 0. The summed E-state index contributed by atoms with van der Waals surface area (Å²) in [6, 6.07) is 11.9. The first-order chi connectivity index (χ1) is 13.0. The number of nitrogens with one attached hydrogen (secondary N) is 3. The molecule has 0 bridgehead atoms. The molecule has 2 heterocycles. The second kappa shape index (κ2) is 8.22. The van der Waals surface area contributed by atoms with E-state index >= 15 is 0 Å². The number of hydrogen-bond donors (Lipinski definition) is 3. The average Bonchev–Trinajstić information content (AvgIpc) is 3.10. The summed E-state index contributed by atoms with van der Waals surface area (Å²) in [5.74, 6) is 0.135. The Hall–Kier alpha value is -3.55. The topological polar surface area (TPSA) is 108 Å². The Bertz CT molecular complexity index is 905. The molecule has 3 amide bonds. The third-order valence-electron chi connectivity index (χ3n) is 3.65. The zero-order valence-electron chi connectivity index (χ0n) is 15.1. The third kappa shape index (κ3) is 4.97. The van der Waals surface area contributed by atoms with Crippen LogP contribution in [0.3, 0.4) is 0 Å². The largest absolute Gasteiger partial charge is 0.336 e. The number of hydrogen-bond acceptors (Lipinski definition) is 5. The Balaban J connectivity index is 1.59. The standard InChI is InChI=1S/C19H20N6O2/c1-12(2)21-19(27)22-14-7-5-6-13(10-14)18(26)23-17-11-16(24-25-17)15-8-3-4-9-20-15/h3-10,12H,11H2,1-2H3,(H2,21,22,27)(H,23,25,26). The minimum absolute atomic E-state index is 0.0187. The summed E-state index contributed by atoms with van der Waals surface area (Å²) in [5, 5.41) is 16.3. The van der Waals surface area contributed by atoms with Crippen molar-refractivity contribution < 1.29 is 9.59 Å². The van der Waals surface area contributed by atoms with Crippen molar-refractivity contribution in [3.05, 3.63) is 59.9 Å². The van der Waals surface area contributed by atoms with Crippen LogP contribution >= 0.6 is 0 Å². The van der Waals surface area contributed by atoms with E-state index in [0.29, 0.717) is 29.2 Å². The van der Waals surface area contributed by atoms with Crippen LogP contribution in [-0.2, 0) is 0 Å². The highest BCUT2D eigenvalue weighted by Crippen LogP contribution is 2.12. The fourth-order valence-electron chi connectivity index (χ4n) is 2.47. The SMILES string of the molecule is CC(C)NC(=O)Nc1cccc(C(=O)NC2=NN=C(c3ccccn3)C2)c1. The molecule has 0 fully saturated rings. The molecule has 1 aliphatic rings. The van der Waals surface area contributed by atoms with E-state index in [1.54, 1.807) is 30.5 Å². The molecular formula is C19H20N6O2. The summed E-state index contributed by atoms with van der Waals surface area (Å²) in [4.78, 5) is 28.5. The first kappa shape index (κ1) is 18.2. The molecule has 3 N–H and O–H groups in total. The number of benzene rings is 1. The van der Waals surface area contributed by atoms with Gasteiger partial charge in [0, 0.05) is 23.5 Å². The van der Waals surface area contributed by atoms with E-state index < -0.39 is 0 Å². The third-order valence-corrected chi connectivity index (χ3v) is 3.65. The summed E-state index contributed by atoms with van der Waals surface area (Å²) in [7, 11) is 0. The lowest BCUT2D eigenvalue weighted by Gasteiger charge is -2.11. The smallest absolute Gasteiger partial charge is 0.319 e. The van der Waals surface area contributed by atoms with Gasteiger partial charge in [0.15, 0.2) is 0 Å². The van der Waals surface area contributed by atoms with Gasteiger partial charge < -0.3 is 16.0 Å². The number of urea groups is 1. The lowest BCUT2D eigenvalue weighted by Crippen LogP contribution is -2.34. The predicted molar refractivity (Wildman–Crippen MR) is 104 cm³/mol. The maximum atomic E-state index is 12.5. The van der Waals surface area contributed by atoms with Gasteiger partial charge in [-0.25, -0.2) is 4.79 Å². The normalized spacial score (nSPS) is 13.0. The van der Waals surface area contributed by atoms with E-state index in [-0.39, 0.29) is 18.0 Å². The van der Waals surface area contributed by atoms with Crippen molar-refractivity contribution in [3.63, 3.8) is 0 Å². The Labute approximate surface area is 156 Å². The molecule has 0 spiro atoms. The Morgan fingerprint density at radius 1 is 1.04 bits per heavy atom. The van der Waals surface area contributed by atoms with Gasteiger partial charge in [0.1, 0.15) is 5.84 Å². The number of pyridine rings is 1. The molecule has 8 nitrogen and oxygen atoms in total. The van der Waals surface area contributed by atoms with E-state index in [0.717, 1.165) is 5.69 Å². The molecule has 0 aliphatic carbocycles. The highest BCUT2D eigenvalue weighted by molar-refractivity contribution is 6.18. The van der Waals surface area contributed by atoms with Crippen molar-refractivity contribution in [1.82, 2.24) is 15.6 Å². The van der Waals surface area contributed by atoms with Crippen LogP contribution in [0.5, 0.6) is 0 Å². The molecule has 0 saturated heterocycles. The second-order valence-corrected chi connectivity index (χ2v) is 6.27. The number of anilines is 1. The predicted octanol–water partition coefficient (Wildman–Crippen LogP) is 2.55. The number of amidine groups is 1. The lowest BCUT2D eigenvalue weighted by atomic mass is 10.1. The van der Waals surface area contributed by atoms with E-state index in [4.69, 9.17) is 0 Å². The first-order valence-corrected chi connectivity index (χ1v) is 8.55. The molecule has 0 atom stereocenters. The average molecular weight is 364 g/mol. The van der Waals surface area contributed by atoms with Crippen LogP contribution in [0.2, 0.25) is 0 Å². The van der Waals surface area contributed by atoms with Crippen molar-refractivity contribution in [3.8, 4) is 0 Å². The minimum atomic E-state index is -0.323. The van der Waals surface area contributed by atoms with Crippen molar-refractivity contribution in [2.45, 2.75) is 26.3 Å². The molecule has 1 aliphatic heterocycles. The lowest BCUT2D eigenvalue weighted by molar-refractivity contribution is 0.0976. The monoisotopic (exact) mass is 364 g/mol. The molecule has 0 radical (unpaired) electrons. The zero-order chi connectivity index (χ0) is 19.2.